The summed E-state index contributed by atoms with van der Waals surface area (Å²) in [5.41, 5.74) is 0.0447. The summed E-state index contributed by atoms with van der Waals surface area (Å²) in [5.74, 6) is -1.48. The lowest BCUT2D eigenvalue weighted by Crippen LogP contribution is -2.47. The molecule has 2 rings (SSSR count). The number of hydrogen-bond acceptors (Lipinski definition) is 3. The minimum absolute atomic E-state index is 0.131. The number of rotatable bonds is 7. The molecular weight excluding hydrogens is 328 g/mol. The molecular formula is C22H26O4. The fraction of sp³-hybridized carbons (Fsp3) is 0.364. The van der Waals surface area contributed by atoms with E-state index in [-0.39, 0.29) is 13.0 Å². The van der Waals surface area contributed by atoms with Crippen LogP contribution < -0.4 is 0 Å². The topological polar surface area (TPSA) is 63.6 Å². The number of carbonyl (C=O) groups excluding carboxylic acids is 1. The van der Waals surface area contributed by atoms with Crippen LogP contribution in [0.3, 0.4) is 0 Å². The van der Waals surface area contributed by atoms with E-state index in [0.717, 1.165) is 11.1 Å². The zero-order chi connectivity index (χ0) is 19.2. The average molecular weight is 354 g/mol. The van der Waals surface area contributed by atoms with Gasteiger partial charge in [0.15, 0.2) is 0 Å². The number of esters is 1. The van der Waals surface area contributed by atoms with E-state index in [2.05, 4.69) is 0 Å². The third-order valence-corrected chi connectivity index (χ3v) is 4.84. The van der Waals surface area contributed by atoms with Crippen molar-refractivity contribution in [3.05, 3.63) is 71.8 Å². The molecule has 0 bridgehead atoms. The van der Waals surface area contributed by atoms with Crippen molar-refractivity contribution in [2.45, 2.75) is 40.2 Å². The molecule has 0 aliphatic heterocycles. The van der Waals surface area contributed by atoms with Gasteiger partial charge >= 0.3 is 11.9 Å². The fourth-order valence-corrected chi connectivity index (χ4v) is 3.11. The molecule has 1 N–H and O–H groups in total. The average Bonchev–Trinajstić information content (AvgIpc) is 2.59. The van der Waals surface area contributed by atoms with Gasteiger partial charge in [-0.05, 0) is 23.0 Å². The molecule has 0 aliphatic carbocycles. The number of ether oxygens (including phenoxy) is 1. The largest absolute Gasteiger partial charge is 0.481 e. The van der Waals surface area contributed by atoms with Crippen molar-refractivity contribution in [3.63, 3.8) is 0 Å². The van der Waals surface area contributed by atoms with Gasteiger partial charge in [-0.15, -0.1) is 0 Å². The third-order valence-electron chi connectivity index (χ3n) is 4.84. The molecule has 0 amide bonds. The van der Waals surface area contributed by atoms with E-state index in [9.17, 15) is 14.7 Å². The number of carboxylic acid groups (broad SMARTS) is 1. The lowest BCUT2D eigenvalue weighted by atomic mass is 9.61. The van der Waals surface area contributed by atoms with Crippen molar-refractivity contribution < 1.29 is 19.4 Å². The molecule has 138 valence electrons. The highest BCUT2D eigenvalue weighted by atomic mass is 16.5. The highest BCUT2D eigenvalue weighted by Crippen LogP contribution is 2.46. The predicted molar refractivity (Wildman–Crippen MR) is 101 cm³/mol. The van der Waals surface area contributed by atoms with E-state index in [1.54, 1.807) is 0 Å². The summed E-state index contributed by atoms with van der Waals surface area (Å²) in [5, 5.41) is 9.52. The first kappa shape index (κ1) is 19.7. The van der Waals surface area contributed by atoms with Crippen LogP contribution in [0.1, 0.15) is 38.3 Å². The highest BCUT2D eigenvalue weighted by Gasteiger charge is 2.51. The number of carbonyl (C=O) groups is 2. The van der Waals surface area contributed by atoms with Crippen LogP contribution in [0.5, 0.6) is 0 Å². The Morgan fingerprint density at radius 1 is 0.885 bits per heavy atom. The van der Waals surface area contributed by atoms with Gasteiger partial charge in [0.2, 0.25) is 0 Å². The smallest absolute Gasteiger partial charge is 0.313 e. The van der Waals surface area contributed by atoms with Gasteiger partial charge in [0.05, 0.1) is 11.8 Å². The van der Waals surface area contributed by atoms with E-state index in [4.69, 9.17) is 4.74 Å². The summed E-state index contributed by atoms with van der Waals surface area (Å²) in [4.78, 5) is 24.8. The van der Waals surface area contributed by atoms with E-state index >= 15 is 0 Å². The quantitative estimate of drug-likeness (QED) is 0.745. The summed E-state index contributed by atoms with van der Waals surface area (Å²) in [6.07, 6.45) is 0.0380. The predicted octanol–water partition coefficient (Wildman–Crippen LogP) is 4.48. The molecule has 0 spiro atoms. The van der Waals surface area contributed by atoms with E-state index in [0.29, 0.717) is 6.42 Å². The maximum Gasteiger partial charge on any atom is 0.313 e. The maximum atomic E-state index is 13.1. The summed E-state index contributed by atoms with van der Waals surface area (Å²) in [7, 11) is 0. The molecule has 0 heterocycles. The van der Waals surface area contributed by atoms with Crippen LogP contribution in [0.4, 0.5) is 0 Å². The second-order valence-electron chi connectivity index (χ2n) is 7.63. The van der Waals surface area contributed by atoms with Gasteiger partial charge in [-0.3, -0.25) is 9.59 Å². The first-order valence-corrected chi connectivity index (χ1v) is 8.71. The summed E-state index contributed by atoms with van der Waals surface area (Å²) < 4.78 is 5.59. The molecule has 0 saturated carbocycles. The van der Waals surface area contributed by atoms with Crippen LogP contribution in [0.25, 0.3) is 0 Å². The van der Waals surface area contributed by atoms with Crippen LogP contribution in [-0.4, -0.2) is 17.0 Å². The van der Waals surface area contributed by atoms with Crippen molar-refractivity contribution in [2.24, 2.45) is 10.8 Å². The first-order chi connectivity index (χ1) is 12.2. The monoisotopic (exact) mass is 354 g/mol. The Balaban J connectivity index is 2.33. The Labute approximate surface area is 154 Å². The molecule has 26 heavy (non-hydrogen) atoms. The Morgan fingerprint density at radius 3 is 1.85 bits per heavy atom. The van der Waals surface area contributed by atoms with Crippen molar-refractivity contribution in [2.75, 3.05) is 0 Å². The third kappa shape index (κ3) is 4.72. The minimum atomic E-state index is -1.16. The summed E-state index contributed by atoms with van der Waals surface area (Å²) in [6.45, 7) is 5.81. The minimum Gasteiger partial charge on any atom is -0.481 e. The SMILES string of the molecule is CC(C)(C)C(CC(=O)O)(Cc1ccccc1)C(=O)OCc1ccccc1. The Kier molecular flexibility index (Phi) is 6.19. The zero-order valence-electron chi connectivity index (χ0n) is 15.6. The van der Waals surface area contributed by atoms with E-state index < -0.39 is 22.8 Å². The van der Waals surface area contributed by atoms with E-state index in [1.807, 2.05) is 81.4 Å². The normalized spacial score (nSPS) is 13.7. The van der Waals surface area contributed by atoms with E-state index in [1.165, 1.54) is 0 Å². The second kappa shape index (κ2) is 8.17. The number of aliphatic carboxylic acids is 1. The Morgan fingerprint density at radius 2 is 1.38 bits per heavy atom. The second-order valence-corrected chi connectivity index (χ2v) is 7.63. The van der Waals surface area contributed by atoms with Gasteiger partial charge in [0, 0.05) is 0 Å². The highest BCUT2D eigenvalue weighted by molar-refractivity contribution is 5.84. The van der Waals surface area contributed by atoms with Gasteiger partial charge in [0.1, 0.15) is 6.61 Å². The fourth-order valence-electron chi connectivity index (χ4n) is 3.11. The summed E-state index contributed by atoms with van der Waals surface area (Å²) >= 11 is 0. The number of hydrogen-bond donors (Lipinski definition) is 1. The molecule has 0 fully saturated rings. The molecule has 1 unspecified atom stereocenters. The molecule has 2 aromatic rings. The zero-order valence-corrected chi connectivity index (χ0v) is 15.6. The van der Waals surface area contributed by atoms with Gasteiger partial charge in [-0.25, -0.2) is 0 Å². The molecule has 0 aromatic heterocycles. The maximum absolute atomic E-state index is 13.1. The van der Waals surface area contributed by atoms with Crippen LogP contribution in [0.2, 0.25) is 0 Å². The van der Waals surface area contributed by atoms with Crippen LogP contribution in [0, 0.1) is 10.8 Å². The molecule has 0 radical (unpaired) electrons. The Hall–Kier alpha value is -2.62. The number of benzene rings is 2. The van der Waals surface area contributed by atoms with Gasteiger partial charge < -0.3 is 9.84 Å². The molecule has 0 saturated heterocycles. The lowest BCUT2D eigenvalue weighted by Gasteiger charge is -2.41. The lowest BCUT2D eigenvalue weighted by molar-refractivity contribution is -0.170. The molecule has 1 atom stereocenters. The molecule has 4 nitrogen and oxygen atoms in total. The van der Waals surface area contributed by atoms with Crippen LogP contribution >= 0.6 is 0 Å². The van der Waals surface area contributed by atoms with Crippen molar-refractivity contribution in [1.82, 2.24) is 0 Å². The summed E-state index contributed by atoms with van der Waals surface area (Å²) in [6, 6.07) is 18.9. The molecule has 2 aromatic carbocycles. The molecule has 4 heteroatoms. The first-order valence-electron chi connectivity index (χ1n) is 8.71. The van der Waals surface area contributed by atoms with Gasteiger partial charge in [-0.2, -0.15) is 0 Å². The van der Waals surface area contributed by atoms with Gasteiger partial charge in [0.25, 0.3) is 0 Å². The van der Waals surface area contributed by atoms with Crippen LogP contribution in [0.15, 0.2) is 60.7 Å². The van der Waals surface area contributed by atoms with Crippen molar-refractivity contribution in [1.29, 1.82) is 0 Å². The number of carboxylic acids is 1. The Bertz CT molecular complexity index is 732. The standard InChI is InChI=1S/C22H26O4/c1-21(2,3)22(15-19(23)24,14-17-10-6-4-7-11-17)20(25)26-16-18-12-8-5-9-13-18/h4-13H,14-16H2,1-3H3,(H,23,24). The van der Waals surface area contributed by atoms with Gasteiger partial charge in [-0.1, -0.05) is 81.4 Å². The van der Waals surface area contributed by atoms with Crippen molar-refractivity contribution in [3.8, 4) is 0 Å². The van der Waals surface area contributed by atoms with Crippen molar-refractivity contribution >= 4 is 11.9 Å². The van der Waals surface area contributed by atoms with Crippen LogP contribution in [-0.2, 0) is 27.4 Å². The molecule has 0 aliphatic rings.